The van der Waals surface area contributed by atoms with Crippen molar-refractivity contribution >= 4 is 23.2 Å². The van der Waals surface area contributed by atoms with Crippen molar-refractivity contribution in [2.75, 3.05) is 30.4 Å². The number of aromatic nitrogens is 3. The normalized spacial score (nSPS) is 14.9. The number of hydrogen-bond donors (Lipinski definition) is 1. The minimum atomic E-state index is 0.639. The summed E-state index contributed by atoms with van der Waals surface area (Å²) >= 11 is 1.67. The van der Waals surface area contributed by atoms with Gasteiger partial charge < -0.3 is 10.2 Å². The molecule has 1 N–H and O–H groups in total. The Morgan fingerprint density at radius 3 is 2.63 bits per heavy atom. The summed E-state index contributed by atoms with van der Waals surface area (Å²) in [5.41, 5.74) is 1.21. The summed E-state index contributed by atoms with van der Waals surface area (Å²) in [6, 6.07) is 2.10. The second-order valence-corrected chi connectivity index (χ2v) is 5.58. The molecule has 0 amide bonds. The van der Waals surface area contributed by atoms with Crippen molar-refractivity contribution in [1.82, 2.24) is 15.0 Å². The molecule has 0 aromatic carbocycles. The molecule has 1 saturated heterocycles. The second kappa shape index (κ2) is 5.13. The van der Waals surface area contributed by atoms with E-state index < -0.39 is 0 Å². The molecule has 3 heterocycles. The Morgan fingerprint density at radius 2 is 2.00 bits per heavy atom. The smallest absolute Gasteiger partial charge is 0.230 e. The van der Waals surface area contributed by atoms with Gasteiger partial charge in [-0.25, -0.2) is 0 Å². The van der Waals surface area contributed by atoms with Crippen molar-refractivity contribution < 1.29 is 0 Å². The molecule has 2 aromatic rings. The van der Waals surface area contributed by atoms with Gasteiger partial charge in [-0.1, -0.05) is 0 Å². The van der Waals surface area contributed by atoms with Gasteiger partial charge in [-0.3, -0.25) is 0 Å². The molecule has 0 bridgehead atoms. The van der Waals surface area contributed by atoms with Gasteiger partial charge in [0.1, 0.15) is 0 Å². The number of anilines is 2. The Balaban J connectivity index is 2.04. The van der Waals surface area contributed by atoms with Gasteiger partial charge in [-0.15, -0.1) is 11.3 Å². The first kappa shape index (κ1) is 12.3. The number of thiophene rings is 1. The fourth-order valence-electron chi connectivity index (χ4n) is 2.24. The minimum absolute atomic E-state index is 0.639. The summed E-state index contributed by atoms with van der Waals surface area (Å²) in [7, 11) is 1.84. The van der Waals surface area contributed by atoms with Crippen LogP contribution in [0.3, 0.4) is 0 Å². The summed E-state index contributed by atoms with van der Waals surface area (Å²) in [5.74, 6) is 2.20. The first-order valence-electron chi connectivity index (χ1n) is 6.51. The van der Waals surface area contributed by atoms with Crippen molar-refractivity contribution in [3.8, 4) is 10.7 Å². The van der Waals surface area contributed by atoms with E-state index in [0.29, 0.717) is 5.95 Å². The molecule has 0 radical (unpaired) electrons. The highest BCUT2D eigenvalue weighted by atomic mass is 32.1. The van der Waals surface area contributed by atoms with Gasteiger partial charge in [-0.2, -0.15) is 15.0 Å². The van der Waals surface area contributed by atoms with Crippen LogP contribution >= 0.6 is 11.3 Å². The van der Waals surface area contributed by atoms with Crippen LogP contribution in [-0.4, -0.2) is 35.1 Å². The number of nitrogens with zero attached hydrogens (tertiary/aromatic N) is 4. The highest BCUT2D eigenvalue weighted by molar-refractivity contribution is 7.13. The second-order valence-electron chi connectivity index (χ2n) is 4.66. The Bertz CT molecular complexity index is 574. The van der Waals surface area contributed by atoms with Crippen LogP contribution in [-0.2, 0) is 0 Å². The van der Waals surface area contributed by atoms with Gasteiger partial charge in [0.15, 0.2) is 5.82 Å². The maximum atomic E-state index is 4.64. The number of rotatable bonds is 3. The van der Waals surface area contributed by atoms with Crippen LogP contribution in [0.2, 0.25) is 0 Å². The first-order valence-corrected chi connectivity index (χ1v) is 7.39. The van der Waals surface area contributed by atoms with Gasteiger partial charge >= 0.3 is 0 Å². The van der Waals surface area contributed by atoms with Gasteiger partial charge in [0.05, 0.1) is 4.88 Å². The maximum Gasteiger partial charge on any atom is 0.230 e. The lowest BCUT2D eigenvalue weighted by molar-refractivity contribution is 0.885. The highest BCUT2D eigenvalue weighted by Crippen LogP contribution is 2.28. The number of aryl methyl sites for hydroxylation is 1. The molecule has 3 rings (SSSR count). The molecule has 5 nitrogen and oxygen atoms in total. The third kappa shape index (κ3) is 2.40. The lowest BCUT2D eigenvalue weighted by Crippen LogP contribution is -2.21. The molecule has 0 aliphatic carbocycles. The van der Waals surface area contributed by atoms with Crippen LogP contribution in [0, 0.1) is 6.92 Å². The highest BCUT2D eigenvalue weighted by Gasteiger charge is 2.18. The Kier molecular flexibility index (Phi) is 3.33. The van der Waals surface area contributed by atoms with E-state index >= 15 is 0 Å². The predicted octanol–water partition coefficient (Wildman–Crippen LogP) is 2.55. The summed E-state index contributed by atoms with van der Waals surface area (Å²) in [4.78, 5) is 16.9. The number of hydrogen-bond acceptors (Lipinski definition) is 6. The van der Waals surface area contributed by atoms with E-state index in [4.69, 9.17) is 0 Å². The number of nitrogens with one attached hydrogen (secondary N) is 1. The third-order valence-electron chi connectivity index (χ3n) is 3.30. The third-order valence-corrected chi connectivity index (χ3v) is 4.31. The van der Waals surface area contributed by atoms with E-state index in [1.165, 1.54) is 18.4 Å². The van der Waals surface area contributed by atoms with Crippen molar-refractivity contribution in [1.29, 1.82) is 0 Å². The molecule has 1 aliphatic rings. The largest absolute Gasteiger partial charge is 0.357 e. The predicted molar refractivity (Wildman–Crippen MR) is 78.9 cm³/mol. The zero-order chi connectivity index (χ0) is 13.2. The molecule has 100 valence electrons. The fraction of sp³-hybridized carbons (Fsp3) is 0.462. The standard InChI is InChI=1S/C13H17N5S/c1-9-5-8-19-10(9)11-15-12(14-2)17-13(16-11)18-6-3-4-7-18/h5,8H,3-4,6-7H2,1-2H3,(H,14,15,16,17). The zero-order valence-electron chi connectivity index (χ0n) is 11.2. The van der Waals surface area contributed by atoms with E-state index in [1.807, 2.05) is 7.05 Å². The Hall–Kier alpha value is -1.69. The molecule has 0 unspecified atom stereocenters. The zero-order valence-corrected chi connectivity index (χ0v) is 12.0. The van der Waals surface area contributed by atoms with Gasteiger partial charge in [0.2, 0.25) is 11.9 Å². The van der Waals surface area contributed by atoms with E-state index in [2.05, 4.69) is 43.5 Å². The van der Waals surface area contributed by atoms with Crippen LogP contribution in [0.5, 0.6) is 0 Å². The molecule has 0 spiro atoms. The van der Waals surface area contributed by atoms with E-state index in [1.54, 1.807) is 11.3 Å². The molecular formula is C13H17N5S. The van der Waals surface area contributed by atoms with Crippen molar-refractivity contribution in [2.24, 2.45) is 0 Å². The minimum Gasteiger partial charge on any atom is -0.357 e. The van der Waals surface area contributed by atoms with E-state index in [0.717, 1.165) is 29.7 Å². The average molecular weight is 275 g/mol. The Labute approximate surface area is 116 Å². The van der Waals surface area contributed by atoms with Crippen LogP contribution in [0.25, 0.3) is 10.7 Å². The fourth-order valence-corrected chi connectivity index (χ4v) is 3.10. The molecular weight excluding hydrogens is 258 g/mol. The van der Waals surface area contributed by atoms with Crippen LogP contribution in [0.1, 0.15) is 18.4 Å². The molecule has 1 aliphatic heterocycles. The SMILES string of the molecule is CNc1nc(-c2sccc2C)nc(N2CCCC2)n1. The summed E-state index contributed by atoms with van der Waals surface area (Å²) in [5, 5.41) is 5.10. The van der Waals surface area contributed by atoms with Crippen LogP contribution in [0.15, 0.2) is 11.4 Å². The first-order chi connectivity index (χ1) is 9.28. The molecule has 0 atom stereocenters. The molecule has 19 heavy (non-hydrogen) atoms. The lowest BCUT2D eigenvalue weighted by atomic mass is 10.3. The summed E-state index contributed by atoms with van der Waals surface area (Å²) in [6.07, 6.45) is 2.43. The topological polar surface area (TPSA) is 53.9 Å². The molecule has 6 heteroatoms. The van der Waals surface area contributed by atoms with E-state index in [-0.39, 0.29) is 0 Å². The van der Waals surface area contributed by atoms with Gasteiger partial charge in [-0.05, 0) is 36.8 Å². The van der Waals surface area contributed by atoms with Crippen molar-refractivity contribution in [2.45, 2.75) is 19.8 Å². The van der Waals surface area contributed by atoms with E-state index in [9.17, 15) is 0 Å². The maximum absolute atomic E-state index is 4.64. The van der Waals surface area contributed by atoms with Gasteiger partial charge in [0, 0.05) is 20.1 Å². The summed E-state index contributed by atoms with van der Waals surface area (Å²) in [6.45, 7) is 4.16. The Morgan fingerprint density at radius 1 is 1.21 bits per heavy atom. The van der Waals surface area contributed by atoms with Crippen molar-refractivity contribution in [3.63, 3.8) is 0 Å². The van der Waals surface area contributed by atoms with Crippen LogP contribution < -0.4 is 10.2 Å². The molecule has 2 aromatic heterocycles. The molecule has 0 saturated carbocycles. The monoisotopic (exact) mass is 275 g/mol. The van der Waals surface area contributed by atoms with Crippen molar-refractivity contribution in [3.05, 3.63) is 17.0 Å². The average Bonchev–Trinajstić information content (AvgIpc) is 3.09. The lowest BCUT2D eigenvalue weighted by Gasteiger charge is -2.16. The quantitative estimate of drug-likeness (QED) is 0.933. The van der Waals surface area contributed by atoms with Crippen LogP contribution in [0.4, 0.5) is 11.9 Å². The summed E-state index contributed by atoms with van der Waals surface area (Å²) < 4.78 is 0. The van der Waals surface area contributed by atoms with Gasteiger partial charge in [0.25, 0.3) is 0 Å². The molecule has 1 fully saturated rings.